The zero-order valence-corrected chi connectivity index (χ0v) is 12.0. The van der Waals surface area contributed by atoms with Gasteiger partial charge in [0.05, 0.1) is 5.01 Å². The van der Waals surface area contributed by atoms with Crippen LogP contribution in [0, 0.1) is 11.8 Å². The Morgan fingerprint density at radius 1 is 1.47 bits per heavy atom. The maximum absolute atomic E-state index is 4.39. The number of nitrogens with zero attached hydrogens (tertiary/aromatic N) is 1. The Morgan fingerprint density at radius 3 is 2.94 bits per heavy atom. The van der Waals surface area contributed by atoms with Gasteiger partial charge in [0.15, 0.2) is 0 Å². The Kier molecular flexibility index (Phi) is 4.57. The standard InChI is InChI=1S/C14H24N2S/c1-10-4-5-13(11(2)8-10)16-9-12(3)14-15-6-7-17-14/h6-7,10-13,16H,4-5,8-9H2,1-3H3. The van der Waals surface area contributed by atoms with E-state index in [0.717, 1.165) is 18.4 Å². The SMILES string of the molecule is CC1CCC(NCC(C)c2nccs2)C(C)C1. The second kappa shape index (κ2) is 5.96. The molecule has 1 N–H and O–H groups in total. The van der Waals surface area contributed by atoms with Gasteiger partial charge in [0.2, 0.25) is 0 Å². The molecule has 1 aliphatic rings. The van der Waals surface area contributed by atoms with Gasteiger partial charge in [0, 0.05) is 30.1 Å². The number of hydrogen-bond donors (Lipinski definition) is 1. The molecule has 2 nitrogen and oxygen atoms in total. The predicted octanol–water partition coefficient (Wildman–Crippen LogP) is 3.66. The largest absolute Gasteiger partial charge is 0.313 e. The lowest BCUT2D eigenvalue weighted by Crippen LogP contribution is -2.40. The Bertz CT molecular complexity index is 323. The topological polar surface area (TPSA) is 24.9 Å². The van der Waals surface area contributed by atoms with Crippen molar-refractivity contribution in [3.8, 4) is 0 Å². The molecule has 3 heteroatoms. The van der Waals surface area contributed by atoms with Gasteiger partial charge < -0.3 is 5.32 Å². The van der Waals surface area contributed by atoms with E-state index in [9.17, 15) is 0 Å². The van der Waals surface area contributed by atoms with E-state index in [0.29, 0.717) is 12.0 Å². The average molecular weight is 252 g/mol. The smallest absolute Gasteiger partial charge is 0.0965 e. The molecule has 0 spiro atoms. The number of hydrogen-bond acceptors (Lipinski definition) is 3. The van der Waals surface area contributed by atoms with Gasteiger partial charge in [0.1, 0.15) is 0 Å². The third-order valence-electron chi connectivity index (χ3n) is 3.99. The number of nitrogens with one attached hydrogen (secondary N) is 1. The van der Waals surface area contributed by atoms with Crippen molar-refractivity contribution in [2.45, 2.75) is 52.0 Å². The lowest BCUT2D eigenvalue weighted by Gasteiger charge is -2.33. The summed E-state index contributed by atoms with van der Waals surface area (Å²) in [6.07, 6.45) is 6.01. The van der Waals surface area contributed by atoms with Crippen LogP contribution in [0.3, 0.4) is 0 Å². The fourth-order valence-corrected chi connectivity index (χ4v) is 3.56. The van der Waals surface area contributed by atoms with Crippen LogP contribution >= 0.6 is 11.3 Å². The number of aromatic nitrogens is 1. The van der Waals surface area contributed by atoms with Gasteiger partial charge >= 0.3 is 0 Å². The van der Waals surface area contributed by atoms with Crippen LogP contribution in [0.25, 0.3) is 0 Å². The zero-order chi connectivity index (χ0) is 12.3. The van der Waals surface area contributed by atoms with E-state index in [1.165, 1.54) is 24.3 Å². The first-order valence-electron chi connectivity index (χ1n) is 6.79. The molecule has 0 saturated heterocycles. The molecule has 17 heavy (non-hydrogen) atoms. The Labute approximate surface area is 109 Å². The van der Waals surface area contributed by atoms with Crippen LogP contribution in [0.5, 0.6) is 0 Å². The molecule has 96 valence electrons. The highest BCUT2D eigenvalue weighted by Gasteiger charge is 2.25. The third-order valence-corrected chi connectivity index (χ3v) is 5.00. The van der Waals surface area contributed by atoms with E-state index in [-0.39, 0.29) is 0 Å². The summed E-state index contributed by atoms with van der Waals surface area (Å²) < 4.78 is 0. The summed E-state index contributed by atoms with van der Waals surface area (Å²) in [5, 5.41) is 7.07. The van der Waals surface area contributed by atoms with Crippen LogP contribution in [-0.2, 0) is 0 Å². The average Bonchev–Trinajstić information content (AvgIpc) is 2.81. The van der Waals surface area contributed by atoms with E-state index in [1.54, 1.807) is 11.3 Å². The lowest BCUT2D eigenvalue weighted by molar-refractivity contribution is 0.226. The Balaban J connectivity index is 1.78. The van der Waals surface area contributed by atoms with Gasteiger partial charge in [-0.25, -0.2) is 4.98 Å². The van der Waals surface area contributed by atoms with Crippen molar-refractivity contribution in [2.24, 2.45) is 11.8 Å². The molecule has 2 rings (SSSR count). The number of thiazole rings is 1. The molecule has 0 bridgehead atoms. The van der Waals surface area contributed by atoms with Crippen molar-refractivity contribution in [2.75, 3.05) is 6.54 Å². The second-order valence-electron chi connectivity index (χ2n) is 5.68. The maximum Gasteiger partial charge on any atom is 0.0965 e. The van der Waals surface area contributed by atoms with E-state index in [2.05, 4.69) is 36.5 Å². The normalized spacial score (nSPS) is 31.4. The highest BCUT2D eigenvalue weighted by Crippen LogP contribution is 2.29. The molecule has 1 fully saturated rings. The van der Waals surface area contributed by atoms with Gasteiger partial charge in [-0.05, 0) is 31.1 Å². The Hall–Kier alpha value is -0.410. The van der Waals surface area contributed by atoms with E-state index in [4.69, 9.17) is 0 Å². The first-order valence-corrected chi connectivity index (χ1v) is 7.67. The van der Waals surface area contributed by atoms with Crippen LogP contribution in [0.2, 0.25) is 0 Å². The minimum Gasteiger partial charge on any atom is -0.313 e. The molecular formula is C14H24N2S. The molecule has 1 saturated carbocycles. The van der Waals surface area contributed by atoms with Gasteiger partial charge in [-0.15, -0.1) is 11.3 Å². The van der Waals surface area contributed by atoms with Crippen LogP contribution < -0.4 is 5.32 Å². The lowest BCUT2D eigenvalue weighted by atomic mass is 9.80. The minimum atomic E-state index is 0.543. The third kappa shape index (κ3) is 3.52. The Morgan fingerprint density at radius 2 is 2.29 bits per heavy atom. The van der Waals surface area contributed by atoms with E-state index >= 15 is 0 Å². The van der Waals surface area contributed by atoms with Crippen molar-refractivity contribution in [1.29, 1.82) is 0 Å². The van der Waals surface area contributed by atoms with Crippen molar-refractivity contribution in [3.63, 3.8) is 0 Å². The molecule has 1 aromatic rings. The van der Waals surface area contributed by atoms with Crippen LogP contribution in [-0.4, -0.2) is 17.6 Å². The monoisotopic (exact) mass is 252 g/mol. The first-order chi connectivity index (χ1) is 8.16. The summed E-state index contributed by atoms with van der Waals surface area (Å²) in [6.45, 7) is 8.10. The summed E-state index contributed by atoms with van der Waals surface area (Å²) >= 11 is 1.77. The molecule has 0 aromatic carbocycles. The zero-order valence-electron chi connectivity index (χ0n) is 11.1. The van der Waals surface area contributed by atoms with E-state index < -0.39 is 0 Å². The second-order valence-corrected chi connectivity index (χ2v) is 6.61. The molecular weight excluding hydrogens is 228 g/mol. The molecule has 1 aromatic heterocycles. The number of rotatable bonds is 4. The van der Waals surface area contributed by atoms with Gasteiger partial charge in [-0.1, -0.05) is 20.8 Å². The fraction of sp³-hybridized carbons (Fsp3) is 0.786. The van der Waals surface area contributed by atoms with Crippen molar-refractivity contribution in [1.82, 2.24) is 10.3 Å². The molecule has 1 heterocycles. The molecule has 4 atom stereocenters. The summed E-state index contributed by atoms with van der Waals surface area (Å²) in [6, 6.07) is 0.716. The minimum absolute atomic E-state index is 0.543. The summed E-state index contributed by atoms with van der Waals surface area (Å²) in [5.41, 5.74) is 0. The molecule has 0 amide bonds. The molecule has 0 radical (unpaired) electrons. The summed E-state index contributed by atoms with van der Waals surface area (Å²) in [4.78, 5) is 4.39. The predicted molar refractivity (Wildman–Crippen MR) is 74.5 cm³/mol. The quantitative estimate of drug-likeness (QED) is 0.884. The molecule has 0 aliphatic heterocycles. The van der Waals surface area contributed by atoms with Gasteiger partial charge in [-0.2, -0.15) is 0 Å². The molecule has 4 unspecified atom stereocenters. The summed E-state index contributed by atoms with van der Waals surface area (Å²) in [5.74, 6) is 2.28. The molecule has 1 aliphatic carbocycles. The highest BCUT2D eigenvalue weighted by molar-refractivity contribution is 7.09. The van der Waals surface area contributed by atoms with Crippen molar-refractivity contribution in [3.05, 3.63) is 16.6 Å². The van der Waals surface area contributed by atoms with Crippen LogP contribution in [0.15, 0.2) is 11.6 Å². The van der Waals surface area contributed by atoms with Crippen molar-refractivity contribution >= 4 is 11.3 Å². The van der Waals surface area contributed by atoms with Crippen LogP contribution in [0.4, 0.5) is 0 Å². The van der Waals surface area contributed by atoms with Crippen LogP contribution in [0.1, 0.15) is 51.0 Å². The summed E-state index contributed by atoms with van der Waals surface area (Å²) in [7, 11) is 0. The maximum atomic E-state index is 4.39. The fourth-order valence-electron chi connectivity index (χ4n) is 2.86. The first kappa shape index (κ1) is 13.0. The van der Waals surface area contributed by atoms with Gasteiger partial charge in [0.25, 0.3) is 0 Å². The van der Waals surface area contributed by atoms with Gasteiger partial charge in [-0.3, -0.25) is 0 Å². The highest BCUT2D eigenvalue weighted by atomic mass is 32.1. The van der Waals surface area contributed by atoms with Crippen molar-refractivity contribution < 1.29 is 0 Å². The van der Waals surface area contributed by atoms with E-state index in [1.807, 2.05) is 6.20 Å².